The number of hydrogen-bond donors (Lipinski definition) is 0. The van der Waals surface area contributed by atoms with E-state index in [1.54, 1.807) is 0 Å². The van der Waals surface area contributed by atoms with Gasteiger partial charge in [-0.25, -0.2) is 9.25 Å². The minimum atomic E-state index is -1.12. The maximum absolute atomic E-state index is 11.9. The van der Waals surface area contributed by atoms with Gasteiger partial charge in [-0.1, -0.05) is 0 Å². The highest BCUT2D eigenvalue weighted by Crippen LogP contribution is 2.40. The molecule has 0 saturated carbocycles. The van der Waals surface area contributed by atoms with Gasteiger partial charge in [0.1, 0.15) is 0 Å². The number of hydrogen-bond acceptors (Lipinski definition) is 16. The van der Waals surface area contributed by atoms with Crippen LogP contribution in [0.1, 0.15) is 0 Å². The fourth-order valence-electron chi connectivity index (χ4n) is 2.35. The molecule has 17 heteroatoms. The predicted octanol–water partition coefficient (Wildman–Crippen LogP) is 2.30. The summed E-state index contributed by atoms with van der Waals surface area (Å²) < 4.78 is 9.41. The first-order valence-electron chi connectivity index (χ1n) is 7.42. The van der Waals surface area contributed by atoms with Gasteiger partial charge in [0.05, 0.1) is 34.1 Å². The highest BCUT2D eigenvalue weighted by molar-refractivity contribution is 7.26. The topological polar surface area (TPSA) is 195 Å². The van der Waals surface area contributed by atoms with Crippen molar-refractivity contribution in [3.8, 4) is 0 Å². The van der Waals surface area contributed by atoms with Crippen molar-refractivity contribution in [1.82, 2.24) is 0 Å². The highest BCUT2D eigenvalue weighted by atomic mass is 31.1. The first-order chi connectivity index (χ1) is 13.8. The first kappa shape index (κ1) is 19.6. The molecule has 16 nitrogen and oxygen atoms in total. The molecule has 0 unspecified atom stereocenters. The third-order valence-corrected chi connectivity index (χ3v) is 4.14. The van der Waals surface area contributed by atoms with Gasteiger partial charge in [0.25, 0.3) is 0 Å². The Morgan fingerprint density at radius 2 is 1.03 bits per heavy atom. The molecule has 2 aliphatic heterocycles. The van der Waals surface area contributed by atoms with Crippen LogP contribution in [0, 0.1) is 31.2 Å². The molecule has 2 heterocycles. The molecule has 0 amide bonds. The molecule has 0 aromatic heterocycles. The van der Waals surface area contributed by atoms with Gasteiger partial charge in [-0.3, -0.25) is 20.9 Å². The van der Waals surface area contributed by atoms with Crippen molar-refractivity contribution in [1.29, 1.82) is 0 Å². The van der Waals surface area contributed by atoms with Crippen LogP contribution < -0.4 is 31.4 Å². The van der Waals surface area contributed by atoms with Crippen molar-refractivity contribution in [2.45, 2.75) is 0 Å². The summed E-state index contributed by atoms with van der Waals surface area (Å²) in [6.45, 7) is 0. The molecule has 156 valence electrons. The zero-order chi connectivity index (χ0) is 20.7. The average molecular weight is 426 g/mol. The van der Waals surface area contributed by atoms with E-state index in [4.69, 9.17) is 9.25 Å². The second-order valence-corrected chi connectivity index (χ2v) is 5.85. The lowest BCUT2D eigenvalue weighted by Crippen LogP contribution is -2.17. The van der Waals surface area contributed by atoms with Gasteiger partial charge in [0.2, 0.25) is 9.03 Å². The molecule has 0 radical (unpaired) electrons. The lowest BCUT2D eigenvalue weighted by molar-refractivity contribution is 0.150. The molecule has 2 aromatic carbocycles. The smallest absolute Gasteiger partial charge is 0.212 e. The number of rotatable bonds is 6. The zero-order valence-electron chi connectivity index (χ0n) is 13.7. The minimum absolute atomic E-state index is 0.0287. The maximum Gasteiger partial charge on any atom is 0.212 e. The third-order valence-electron chi connectivity index (χ3n) is 3.66. The SMILES string of the molecule is [O-]N(OPON([O-])c1ccc2c(c1)N([O-])ON2[O-])c1ccc2c(c1)N([O-])ON2[O-]. The number of fused-ring (bicyclic) bond motifs is 2. The molecule has 0 N–H and O–H groups in total. The van der Waals surface area contributed by atoms with E-state index in [-0.39, 0.29) is 65.5 Å². The molecular formula is C12H7N6O10P-6. The molecule has 0 bridgehead atoms. The van der Waals surface area contributed by atoms with Crippen LogP contribution in [0.25, 0.3) is 0 Å². The van der Waals surface area contributed by atoms with Crippen LogP contribution in [-0.2, 0) is 19.1 Å². The summed E-state index contributed by atoms with van der Waals surface area (Å²) in [6.07, 6.45) is 0. The lowest BCUT2D eigenvalue weighted by Gasteiger charge is -2.33. The van der Waals surface area contributed by atoms with E-state index in [0.717, 1.165) is 24.3 Å². The van der Waals surface area contributed by atoms with Crippen molar-refractivity contribution < 1.29 is 19.1 Å². The van der Waals surface area contributed by atoms with Crippen LogP contribution in [0.3, 0.4) is 0 Å². The van der Waals surface area contributed by atoms with E-state index in [2.05, 4.69) is 9.88 Å². The van der Waals surface area contributed by atoms with E-state index < -0.39 is 9.03 Å². The van der Waals surface area contributed by atoms with Crippen LogP contribution in [0.15, 0.2) is 36.4 Å². The number of anilines is 6. The summed E-state index contributed by atoms with van der Waals surface area (Å²) in [4.78, 5) is 8.48. The Balaban J connectivity index is 1.35. The molecule has 0 fully saturated rings. The third kappa shape index (κ3) is 3.65. The van der Waals surface area contributed by atoms with Gasteiger partial charge in [-0.05, 0) is 36.4 Å². The second-order valence-electron chi connectivity index (χ2n) is 5.32. The Morgan fingerprint density at radius 1 is 0.655 bits per heavy atom. The summed E-state index contributed by atoms with van der Waals surface area (Å²) in [7, 11) is -1.12. The van der Waals surface area contributed by atoms with E-state index in [9.17, 15) is 31.2 Å². The molecule has 2 aromatic rings. The van der Waals surface area contributed by atoms with Crippen molar-refractivity contribution in [2.75, 3.05) is 31.4 Å². The van der Waals surface area contributed by atoms with E-state index >= 15 is 0 Å². The second kappa shape index (κ2) is 7.59. The standard InChI is InChI=1S/C12H7N6O10P/c19-13(7-1-3-9-11(5-7)17(23)25-15(9)21)27-29-28-14(20)8-2-4-10-12(6-8)18(24)26-16(10)22/h1-6,29H/q-6. The fraction of sp³-hybridized carbons (Fsp3) is 0. The molecule has 0 atom stereocenters. The zero-order valence-corrected chi connectivity index (χ0v) is 14.7. The van der Waals surface area contributed by atoms with Crippen LogP contribution in [-0.4, -0.2) is 0 Å². The Bertz CT molecular complexity index is 838. The largest absolute Gasteiger partial charge is 0.733 e. The summed E-state index contributed by atoms with van der Waals surface area (Å²) in [5.74, 6) is 0. The van der Waals surface area contributed by atoms with Crippen molar-refractivity contribution in [3.05, 3.63) is 67.6 Å². The lowest BCUT2D eigenvalue weighted by atomic mass is 10.2. The van der Waals surface area contributed by atoms with Crippen molar-refractivity contribution in [2.24, 2.45) is 0 Å². The molecule has 4 rings (SSSR count). The molecular weight excluding hydrogens is 419 g/mol. The number of nitrogens with zero attached hydrogens (tertiary/aromatic N) is 6. The predicted molar refractivity (Wildman–Crippen MR) is 101 cm³/mol. The summed E-state index contributed by atoms with van der Waals surface area (Å²) in [6, 6.07) is 6.74. The van der Waals surface area contributed by atoms with Gasteiger partial charge >= 0.3 is 0 Å². The Labute approximate surface area is 162 Å². The normalized spacial score (nSPS) is 15.1. The van der Waals surface area contributed by atoms with Gasteiger partial charge in [-0.15, -0.1) is 0 Å². The molecule has 0 spiro atoms. The van der Waals surface area contributed by atoms with Crippen molar-refractivity contribution >= 4 is 43.2 Å². The Kier molecular flexibility index (Phi) is 5.13. The quantitative estimate of drug-likeness (QED) is 0.481. The van der Waals surface area contributed by atoms with Crippen LogP contribution >= 0.6 is 9.03 Å². The van der Waals surface area contributed by atoms with E-state index in [1.165, 1.54) is 12.1 Å². The van der Waals surface area contributed by atoms with Crippen molar-refractivity contribution in [3.63, 3.8) is 0 Å². The Hall–Kier alpha value is -2.73. The molecule has 0 saturated heterocycles. The highest BCUT2D eigenvalue weighted by Gasteiger charge is 2.18. The Morgan fingerprint density at radius 3 is 1.45 bits per heavy atom. The first-order valence-corrected chi connectivity index (χ1v) is 8.23. The van der Waals surface area contributed by atoms with Gasteiger partial charge < -0.3 is 41.7 Å². The van der Waals surface area contributed by atoms with E-state index in [0.29, 0.717) is 0 Å². The van der Waals surface area contributed by atoms with Gasteiger partial charge in [0, 0.05) is 0 Å². The van der Waals surface area contributed by atoms with Crippen LogP contribution in [0.4, 0.5) is 34.1 Å². The molecule has 29 heavy (non-hydrogen) atoms. The number of benzene rings is 2. The van der Waals surface area contributed by atoms with Crippen LogP contribution in [0.2, 0.25) is 0 Å². The molecule has 0 aliphatic carbocycles. The van der Waals surface area contributed by atoms with Gasteiger partial charge in [0.15, 0.2) is 0 Å². The monoisotopic (exact) mass is 426 g/mol. The summed E-state index contributed by atoms with van der Waals surface area (Å²) in [5, 5.41) is 68.9. The fourth-order valence-corrected chi connectivity index (χ4v) is 2.73. The van der Waals surface area contributed by atoms with E-state index in [1.807, 2.05) is 0 Å². The maximum atomic E-state index is 11.9. The minimum Gasteiger partial charge on any atom is -0.733 e. The summed E-state index contributed by atoms with van der Waals surface area (Å²) >= 11 is 0. The molecule has 2 aliphatic rings. The van der Waals surface area contributed by atoms with Crippen LogP contribution in [0.5, 0.6) is 0 Å². The average Bonchev–Trinajstić information content (AvgIpc) is 3.16. The van der Waals surface area contributed by atoms with Gasteiger partial charge in [-0.2, -0.15) is 9.88 Å². The summed E-state index contributed by atoms with van der Waals surface area (Å²) in [5.41, 5.74) is -0.996.